The third-order valence-corrected chi connectivity index (χ3v) is 4.67. The number of nitrogens with two attached hydrogens (primary N) is 1. The highest BCUT2D eigenvalue weighted by molar-refractivity contribution is 7.10. The van der Waals surface area contributed by atoms with Crippen molar-refractivity contribution >= 4 is 28.6 Å². The molecule has 2 N–H and O–H groups in total. The van der Waals surface area contributed by atoms with Gasteiger partial charge >= 0.3 is 0 Å². The number of carbonyl (C=O) groups excluding carboxylic acids is 1. The van der Waals surface area contributed by atoms with Crippen LogP contribution in [0.4, 0.5) is 11.4 Å². The summed E-state index contributed by atoms with van der Waals surface area (Å²) in [6, 6.07) is 9.89. The Balaban J connectivity index is 2.22. The zero-order chi connectivity index (χ0) is 17.7. The molecule has 1 aromatic heterocycles. The highest BCUT2D eigenvalue weighted by Crippen LogP contribution is 2.24. The average Bonchev–Trinajstić information content (AvgIpc) is 2.98. The van der Waals surface area contributed by atoms with Crippen molar-refractivity contribution in [2.24, 2.45) is 5.92 Å². The van der Waals surface area contributed by atoms with Crippen LogP contribution in [0, 0.1) is 5.92 Å². The van der Waals surface area contributed by atoms with Crippen molar-refractivity contribution in [2.45, 2.75) is 26.8 Å². The summed E-state index contributed by atoms with van der Waals surface area (Å²) in [6.07, 6.45) is 0.462. The normalized spacial score (nSPS) is 10.9. The molecule has 130 valence electrons. The molecule has 0 fully saturated rings. The van der Waals surface area contributed by atoms with E-state index in [1.807, 2.05) is 54.7 Å². The molecule has 0 aliphatic heterocycles. The number of hydrogen-bond donors (Lipinski definition) is 1. The monoisotopic (exact) mass is 345 g/mol. The molecular formula is C19H27N3OS. The lowest BCUT2D eigenvalue weighted by atomic mass is 10.1. The summed E-state index contributed by atoms with van der Waals surface area (Å²) in [5.41, 5.74) is 8.88. The smallest absolute Gasteiger partial charge is 0.228 e. The number of carbonyl (C=O) groups is 1. The van der Waals surface area contributed by atoms with E-state index in [-0.39, 0.29) is 5.91 Å². The van der Waals surface area contributed by atoms with Crippen LogP contribution in [0.5, 0.6) is 0 Å². The van der Waals surface area contributed by atoms with Crippen LogP contribution in [0.25, 0.3) is 0 Å². The molecule has 0 aliphatic rings. The summed E-state index contributed by atoms with van der Waals surface area (Å²) in [6.45, 7) is 5.60. The molecule has 0 atom stereocenters. The van der Waals surface area contributed by atoms with Gasteiger partial charge in [0, 0.05) is 43.4 Å². The zero-order valence-electron chi connectivity index (χ0n) is 15.0. The predicted molar refractivity (Wildman–Crippen MR) is 103 cm³/mol. The molecule has 0 bridgehead atoms. The Bertz CT molecular complexity index is 665. The Morgan fingerprint density at radius 2 is 2.00 bits per heavy atom. The van der Waals surface area contributed by atoms with Crippen LogP contribution in [0.1, 0.15) is 24.3 Å². The number of nitrogens with zero attached hydrogens (tertiary/aromatic N) is 2. The first-order valence-corrected chi connectivity index (χ1v) is 9.10. The Morgan fingerprint density at radius 3 is 2.58 bits per heavy atom. The van der Waals surface area contributed by atoms with Crippen molar-refractivity contribution in [1.29, 1.82) is 0 Å². The van der Waals surface area contributed by atoms with Gasteiger partial charge in [0.25, 0.3) is 0 Å². The Morgan fingerprint density at radius 1 is 1.25 bits per heavy atom. The van der Waals surface area contributed by atoms with Gasteiger partial charge in [-0.3, -0.25) is 4.79 Å². The second-order valence-electron chi connectivity index (χ2n) is 6.71. The fourth-order valence-electron chi connectivity index (χ4n) is 2.74. The minimum atomic E-state index is 0.165. The van der Waals surface area contributed by atoms with E-state index in [1.165, 1.54) is 0 Å². The molecule has 0 saturated carbocycles. The molecule has 1 aromatic carbocycles. The van der Waals surface area contributed by atoms with E-state index < -0.39 is 0 Å². The molecule has 24 heavy (non-hydrogen) atoms. The van der Waals surface area contributed by atoms with Gasteiger partial charge in [-0.15, -0.1) is 11.3 Å². The van der Waals surface area contributed by atoms with Crippen LogP contribution in [0.3, 0.4) is 0 Å². The number of amides is 1. The molecule has 2 aromatic rings. The molecule has 4 nitrogen and oxygen atoms in total. The van der Waals surface area contributed by atoms with Gasteiger partial charge in [-0.1, -0.05) is 19.9 Å². The van der Waals surface area contributed by atoms with Gasteiger partial charge in [-0.25, -0.2) is 0 Å². The lowest BCUT2D eigenvalue weighted by Gasteiger charge is -2.27. The van der Waals surface area contributed by atoms with Gasteiger partial charge in [0.15, 0.2) is 0 Å². The molecule has 1 amide bonds. The largest absolute Gasteiger partial charge is 0.399 e. The van der Waals surface area contributed by atoms with Crippen LogP contribution < -0.4 is 10.6 Å². The van der Waals surface area contributed by atoms with Crippen LogP contribution in [0.15, 0.2) is 35.7 Å². The summed E-state index contributed by atoms with van der Waals surface area (Å²) >= 11 is 1.63. The van der Waals surface area contributed by atoms with Crippen LogP contribution in [-0.4, -0.2) is 31.4 Å². The SMILES string of the molecule is CC(C)CN(Cc1cc(N)ccc1N(C)C)C(=O)Cc1cccs1. The van der Waals surface area contributed by atoms with Crippen molar-refractivity contribution in [1.82, 2.24) is 4.90 Å². The zero-order valence-corrected chi connectivity index (χ0v) is 15.8. The van der Waals surface area contributed by atoms with Crippen molar-refractivity contribution in [3.05, 3.63) is 46.2 Å². The van der Waals surface area contributed by atoms with Gasteiger partial charge in [0.1, 0.15) is 0 Å². The maximum atomic E-state index is 12.8. The van der Waals surface area contributed by atoms with E-state index in [9.17, 15) is 4.79 Å². The standard InChI is InChI=1S/C19H27N3OS/c1-14(2)12-22(19(23)11-17-6-5-9-24-17)13-15-10-16(20)7-8-18(15)21(3)4/h5-10,14H,11-13,20H2,1-4H3. The summed E-state index contributed by atoms with van der Waals surface area (Å²) in [5, 5.41) is 2.01. The number of nitrogen functional groups attached to an aromatic ring is 1. The maximum Gasteiger partial charge on any atom is 0.228 e. The lowest BCUT2D eigenvalue weighted by Crippen LogP contribution is -2.35. The molecular weight excluding hydrogens is 318 g/mol. The average molecular weight is 346 g/mol. The quantitative estimate of drug-likeness (QED) is 0.780. The fraction of sp³-hybridized carbons (Fsp3) is 0.421. The van der Waals surface area contributed by atoms with Gasteiger partial charge < -0.3 is 15.5 Å². The molecule has 5 heteroatoms. The first-order chi connectivity index (χ1) is 11.4. The number of thiophene rings is 1. The number of benzene rings is 1. The van der Waals surface area contributed by atoms with E-state index in [0.717, 1.165) is 28.4 Å². The number of hydrogen-bond acceptors (Lipinski definition) is 4. The minimum absolute atomic E-state index is 0.165. The van der Waals surface area contributed by atoms with E-state index >= 15 is 0 Å². The Labute approximate surface area is 148 Å². The molecule has 0 unspecified atom stereocenters. The summed E-state index contributed by atoms with van der Waals surface area (Å²) < 4.78 is 0. The Hall–Kier alpha value is -2.01. The summed E-state index contributed by atoms with van der Waals surface area (Å²) in [4.78, 5) is 17.9. The second-order valence-corrected chi connectivity index (χ2v) is 7.74. The van der Waals surface area contributed by atoms with Crippen molar-refractivity contribution in [3.8, 4) is 0 Å². The molecule has 0 spiro atoms. The summed E-state index contributed by atoms with van der Waals surface area (Å²) in [5.74, 6) is 0.583. The van der Waals surface area contributed by atoms with Crippen molar-refractivity contribution < 1.29 is 4.79 Å². The molecule has 0 radical (unpaired) electrons. The predicted octanol–water partition coefficient (Wildman–Crippen LogP) is 3.62. The molecule has 0 saturated heterocycles. The molecule has 0 aliphatic carbocycles. The van der Waals surface area contributed by atoms with E-state index in [0.29, 0.717) is 18.9 Å². The number of anilines is 2. The van der Waals surface area contributed by atoms with E-state index in [2.05, 4.69) is 18.7 Å². The van der Waals surface area contributed by atoms with Gasteiger partial charge in [-0.2, -0.15) is 0 Å². The fourth-order valence-corrected chi connectivity index (χ4v) is 3.44. The van der Waals surface area contributed by atoms with Gasteiger partial charge in [0.2, 0.25) is 5.91 Å². The Kier molecular flexibility index (Phi) is 6.26. The van der Waals surface area contributed by atoms with E-state index in [4.69, 9.17) is 5.73 Å². The van der Waals surface area contributed by atoms with Crippen LogP contribution in [-0.2, 0) is 17.8 Å². The maximum absolute atomic E-state index is 12.8. The molecule has 1 heterocycles. The highest BCUT2D eigenvalue weighted by atomic mass is 32.1. The lowest BCUT2D eigenvalue weighted by molar-refractivity contribution is -0.131. The van der Waals surface area contributed by atoms with Crippen LogP contribution >= 0.6 is 11.3 Å². The highest BCUT2D eigenvalue weighted by Gasteiger charge is 2.18. The second kappa shape index (κ2) is 8.20. The topological polar surface area (TPSA) is 49.6 Å². The minimum Gasteiger partial charge on any atom is -0.399 e. The summed E-state index contributed by atoms with van der Waals surface area (Å²) in [7, 11) is 4.02. The van der Waals surface area contributed by atoms with Gasteiger partial charge in [-0.05, 0) is 41.1 Å². The molecule has 2 rings (SSSR count). The van der Waals surface area contributed by atoms with E-state index in [1.54, 1.807) is 11.3 Å². The van der Waals surface area contributed by atoms with Crippen LogP contribution in [0.2, 0.25) is 0 Å². The first-order valence-electron chi connectivity index (χ1n) is 8.22. The third kappa shape index (κ3) is 4.99. The van der Waals surface area contributed by atoms with Gasteiger partial charge in [0.05, 0.1) is 6.42 Å². The third-order valence-electron chi connectivity index (χ3n) is 3.79. The first kappa shape index (κ1) is 18.3. The number of rotatable bonds is 7. The van der Waals surface area contributed by atoms with Crippen molar-refractivity contribution in [2.75, 3.05) is 31.3 Å². The van der Waals surface area contributed by atoms with Crippen molar-refractivity contribution in [3.63, 3.8) is 0 Å².